The molecule has 116 valence electrons. The van der Waals surface area contributed by atoms with Gasteiger partial charge in [-0.15, -0.1) is 0 Å². The predicted molar refractivity (Wildman–Crippen MR) is 88.1 cm³/mol. The van der Waals surface area contributed by atoms with Crippen molar-refractivity contribution in [3.63, 3.8) is 0 Å². The van der Waals surface area contributed by atoms with E-state index in [9.17, 15) is 0 Å². The summed E-state index contributed by atoms with van der Waals surface area (Å²) < 4.78 is 2.10. The second-order valence-electron chi connectivity index (χ2n) is 6.91. The molecule has 2 aliphatic rings. The molecule has 2 saturated heterocycles. The second-order valence-corrected chi connectivity index (χ2v) is 6.91. The molecule has 0 amide bonds. The lowest BCUT2D eigenvalue weighted by Crippen LogP contribution is -2.29. The van der Waals surface area contributed by atoms with Gasteiger partial charge in [0, 0.05) is 25.8 Å². The van der Waals surface area contributed by atoms with E-state index in [-0.39, 0.29) is 0 Å². The van der Waals surface area contributed by atoms with E-state index >= 15 is 0 Å². The molecule has 1 aromatic carbocycles. The lowest BCUT2D eigenvalue weighted by molar-refractivity contribution is 0.265. The van der Waals surface area contributed by atoms with Crippen molar-refractivity contribution in [3.05, 3.63) is 47.8 Å². The third-order valence-electron chi connectivity index (χ3n) is 5.30. The minimum atomic E-state index is 0.535. The molecule has 1 aromatic heterocycles. The van der Waals surface area contributed by atoms with Gasteiger partial charge < -0.3 is 5.32 Å². The van der Waals surface area contributed by atoms with Gasteiger partial charge in [0.2, 0.25) is 0 Å². The van der Waals surface area contributed by atoms with E-state index in [1.165, 1.54) is 56.0 Å². The Morgan fingerprint density at radius 1 is 1.23 bits per heavy atom. The Hall–Kier alpha value is -1.65. The van der Waals surface area contributed by atoms with Crippen molar-refractivity contribution in [1.29, 1.82) is 0 Å². The van der Waals surface area contributed by atoms with Gasteiger partial charge in [0.05, 0.1) is 11.4 Å². The van der Waals surface area contributed by atoms with Crippen LogP contribution in [0.4, 0.5) is 0 Å². The number of hydrogen-bond donors (Lipinski definition) is 1. The van der Waals surface area contributed by atoms with E-state index < -0.39 is 0 Å². The highest BCUT2D eigenvalue weighted by molar-refractivity contribution is 5.40. The molecule has 0 saturated carbocycles. The molecule has 1 atom stereocenters. The highest BCUT2D eigenvalue weighted by atomic mass is 15.3. The van der Waals surface area contributed by atoms with Crippen molar-refractivity contribution in [2.45, 2.75) is 26.3 Å². The van der Waals surface area contributed by atoms with E-state index in [2.05, 4.69) is 57.3 Å². The van der Waals surface area contributed by atoms with Gasteiger partial charge in [0.1, 0.15) is 0 Å². The van der Waals surface area contributed by atoms with Crippen molar-refractivity contribution < 1.29 is 0 Å². The van der Waals surface area contributed by atoms with E-state index in [0.717, 1.165) is 6.54 Å². The third kappa shape index (κ3) is 2.46. The van der Waals surface area contributed by atoms with E-state index in [1.807, 2.05) is 6.20 Å². The van der Waals surface area contributed by atoms with Crippen LogP contribution in [-0.4, -0.2) is 40.9 Å². The first kappa shape index (κ1) is 14.0. The van der Waals surface area contributed by atoms with Crippen LogP contribution in [0, 0.1) is 12.3 Å². The fourth-order valence-electron chi connectivity index (χ4n) is 4.00. The Balaban J connectivity index is 1.53. The fraction of sp³-hybridized carbons (Fsp3) is 0.500. The molecule has 4 rings (SSSR count). The first-order valence-corrected chi connectivity index (χ1v) is 8.28. The number of nitrogens with one attached hydrogen (secondary N) is 1. The SMILES string of the molecule is Cc1ccccc1-n1nccc1CN1CCC2(CCNC2)C1. The quantitative estimate of drug-likeness (QED) is 0.944. The predicted octanol–water partition coefficient (Wildman–Crippen LogP) is 2.37. The van der Waals surface area contributed by atoms with Crippen LogP contribution in [0.1, 0.15) is 24.1 Å². The van der Waals surface area contributed by atoms with Gasteiger partial charge in [-0.25, -0.2) is 4.68 Å². The summed E-state index contributed by atoms with van der Waals surface area (Å²) in [7, 11) is 0. The van der Waals surface area contributed by atoms with Gasteiger partial charge in [-0.3, -0.25) is 4.90 Å². The summed E-state index contributed by atoms with van der Waals surface area (Å²) >= 11 is 0. The fourth-order valence-corrected chi connectivity index (χ4v) is 4.00. The van der Waals surface area contributed by atoms with E-state index in [4.69, 9.17) is 0 Å². The van der Waals surface area contributed by atoms with E-state index in [0.29, 0.717) is 5.41 Å². The third-order valence-corrected chi connectivity index (χ3v) is 5.30. The highest BCUT2D eigenvalue weighted by Gasteiger charge is 2.40. The topological polar surface area (TPSA) is 33.1 Å². The minimum absolute atomic E-state index is 0.535. The molecular formula is C18H24N4. The molecule has 1 unspecified atom stereocenters. The zero-order valence-electron chi connectivity index (χ0n) is 13.3. The number of hydrogen-bond acceptors (Lipinski definition) is 3. The molecule has 0 bridgehead atoms. The number of aromatic nitrogens is 2. The smallest absolute Gasteiger partial charge is 0.0678 e. The maximum Gasteiger partial charge on any atom is 0.0678 e. The van der Waals surface area contributed by atoms with Crippen LogP contribution in [0.2, 0.25) is 0 Å². The van der Waals surface area contributed by atoms with Crippen molar-refractivity contribution in [2.75, 3.05) is 26.2 Å². The van der Waals surface area contributed by atoms with Gasteiger partial charge in [-0.2, -0.15) is 5.10 Å². The minimum Gasteiger partial charge on any atom is -0.316 e. The van der Waals surface area contributed by atoms with Gasteiger partial charge >= 0.3 is 0 Å². The Labute approximate surface area is 132 Å². The summed E-state index contributed by atoms with van der Waals surface area (Å²) in [4.78, 5) is 2.60. The summed E-state index contributed by atoms with van der Waals surface area (Å²) in [5.74, 6) is 0. The molecule has 1 spiro atoms. The molecular weight excluding hydrogens is 272 g/mol. The number of rotatable bonds is 3. The summed E-state index contributed by atoms with van der Waals surface area (Å²) in [6.45, 7) is 7.96. The molecule has 2 fully saturated rings. The maximum atomic E-state index is 4.56. The van der Waals surface area contributed by atoms with Crippen LogP contribution in [0.3, 0.4) is 0 Å². The average molecular weight is 296 g/mol. The average Bonchev–Trinajstić information content (AvgIpc) is 3.24. The Morgan fingerprint density at radius 2 is 2.14 bits per heavy atom. The lowest BCUT2D eigenvalue weighted by Gasteiger charge is -2.23. The highest BCUT2D eigenvalue weighted by Crippen LogP contribution is 2.36. The standard InChI is InChI=1S/C18H24N4/c1-15-4-2-3-5-17(15)22-16(6-9-20-22)12-21-11-8-18(14-21)7-10-19-13-18/h2-6,9,19H,7-8,10-14H2,1H3. The largest absolute Gasteiger partial charge is 0.316 e. The van der Waals surface area contributed by atoms with Crippen molar-refractivity contribution in [2.24, 2.45) is 5.41 Å². The number of aryl methyl sites for hydroxylation is 1. The Morgan fingerprint density at radius 3 is 2.95 bits per heavy atom. The van der Waals surface area contributed by atoms with Crippen LogP contribution >= 0.6 is 0 Å². The van der Waals surface area contributed by atoms with Crippen LogP contribution in [0.25, 0.3) is 5.69 Å². The zero-order valence-corrected chi connectivity index (χ0v) is 13.3. The number of para-hydroxylation sites is 1. The summed E-state index contributed by atoms with van der Waals surface area (Å²) in [6, 6.07) is 10.6. The number of likely N-dealkylation sites (tertiary alicyclic amines) is 1. The van der Waals surface area contributed by atoms with Gasteiger partial charge in [0.15, 0.2) is 0 Å². The van der Waals surface area contributed by atoms with Crippen LogP contribution < -0.4 is 5.32 Å². The van der Waals surface area contributed by atoms with Gasteiger partial charge in [0.25, 0.3) is 0 Å². The van der Waals surface area contributed by atoms with Crippen LogP contribution in [-0.2, 0) is 6.54 Å². The normalized spacial score (nSPS) is 25.3. The van der Waals surface area contributed by atoms with E-state index in [1.54, 1.807) is 0 Å². The summed E-state index contributed by atoms with van der Waals surface area (Å²) in [5.41, 5.74) is 4.29. The number of nitrogens with zero attached hydrogens (tertiary/aromatic N) is 3. The molecule has 0 radical (unpaired) electrons. The molecule has 22 heavy (non-hydrogen) atoms. The molecule has 0 aliphatic carbocycles. The van der Waals surface area contributed by atoms with Gasteiger partial charge in [-0.05, 0) is 56.0 Å². The Kier molecular flexibility index (Phi) is 3.51. The van der Waals surface area contributed by atoms with Gasteiger partial charge in [-0.1, -0.05) is 18.2 Å². The molecule has 1 N–H and O–H groups in total. The maximum absolute atomic E-state index is 4.56. The van der Waals surface area contributed by atoms with Crippen molar-refractivity contribution >= 4 is 0 Å². The van der Waals surface area contributed by atoms with Crippen LogP contribution in [0.5, 0.6) is 0 Å². The first-order chi connectivity index (χ1) is 10.8. The zero-order chi connectivity index (χ0) is 15.0. The van der Waals surface area contributed by atoms with Crippen LogP contribution in [0.15, 0.2) is 36.5 Å². The monoisotopic (exact) mass is 296 g/mol. The molecule has 3 heterocycles. The number of benzene rings is 1. The van der Waals surface area contributed by atoms with Crippen molar-refractivity contribution in [3.8, 4) is 5.69 Å². The Bertz CT molecular complexity index is 655. The molecule has 4 nitrogen and oxygen atoms in total. The lowest BCUT2D eigenvalue weighted by atomic mass is 9.87. The molecule has 2 aliphatic heterocycles. The second kappa shape index (κ2) is 5.52. The molecule has 2 aromatic rings. The first-order valence-electron chi connectivity index (χ1n) is 8.28. The summed E-state index contributed by atoms with van der Waals surface area (Å²) in [5, 5.41) is 8.09. The summed E-state index contributed by atoms with van der Waals surface area (Å²) in [6.07, 6.45) is 4.59. The van der Waals surface area contributed by atoms with Crippen molar-refractivity contribution in [1.82, 2.24) is 20.0 Å². The molecule has 4 heteroatoms.